The molecule has 0 aliphatic carbocycles. The molecule has 1 aromatic heterocycles. The molecule has 136 valence electrons. The van der Waals surface area contributed by atoms with Crippen LogP contribution in [0, 0.1) is 6.92 Å². The summed E-state index contributed by atoms with van der Waals surface area (Å²) in [6, 6.07) is 1.82. The van der Waals surface area contributed by atoms with Gasteiger partial charge in [-0.1, -0.05) is 31.9 Å². The van der Waals surface area contributed by atoms with Gasteiger partial charge in [0.2, 0.25) is 0 Å². The Morgan fingerprint density at radius 2 is 1.81 bits per heavy atom. The van der Waals surface area contributed by atoms with Crippen molar-refractivity contribution in [2.75, 3.05) is 6.61 Å². The van der Waals surface area contributed by atoms with Crippen LogP contribution in [0.2, 0.25) is 0 Å². The molecule has 0 saturated heterocycles. The van der Waals surface area contributed by atoms with E-state index in [0.29, 0.717) is 8.95 Å². The number of carbonyl (C=O) groups excluding carboxylic acids is 1. The lowest BCUT2D eigenvalue weighted by Gasteiger charge is -2.09. The van der Waals surface area contributed by atoms with Crippen LogP contribution >= 0.6 is 31.9 Å². The molecule has 26 heavy (non-hydrogen) atoms. The van der Waals surface area contributed by atoms with Crippen molar-refractivity contribution in [3.05, 3.63) is 55.6 Å². The average molecular weight is 488 g/mol. The highest BCUT2D eigenvalue weighted by molar-refractivity contribution is 9.11. The van der Waals surface area contributed by atoms with E-state index in [-0.39, 0.29) is 27.9 Å². The van der Waals surface area contributed by atoms with E-state index in [1.807, 2.05) is 6.92 Å². The van der Waals surface area contributed by atoms with Crippen molar-refractivity contribution in [2.45, 2.75) is 13.0 Å². The summed E-state index contributed by atoms with van der Waals surface area (Å²) in [6.07, 6.45) is -1.60. The van der Waals surface area contributed by atoms with Gasteiger partial charge in [0.1, 0.15) is 17.4 Å². The van der Waals surface area contributed by atoms with Crippen LogP contribution in [0.1, 0.15) is 36.1 Å². The average Bonchev–Trinajstić information content (AvgIpc) is 3.07. The summed E-state index contributed by atoms with van der Waals surface area (Å²) < 4.78 is 22.7. The van der Waals surface area contributed by atoms with E-state index in [9.17, 15) is 25.2 Å². The van der Waals surface area contributed by atoms with Crippen molar-refractivity contribution in [1.82, 2.24) is 0 Å². The Hall–Kier alpha value is -1.87. The van der Waals surface area contributed by atoms with E-state index >= 15 is 0 Å². The summed E-state index contributed by atoms with van der Waals surface area (Å²) >= 11 is 6.70. The second kappa shape index (κ2) is 7.03. The summed E-state index contributed by atoms with van der Waals surface area (Å²) in [7, 11) is 0. The van der Waals surface area contributed by atoms with Crippen molar-refractivity contribution < 1.29 is 32.4 Å². The number of benzene rings is 2. The van der Waals surface area contributed by atoms with Crippen LogP contribution in [0.3, 0.4) is 0 Å². The normalized spacial score (nSPS) is 13.6. The number of aromatic hydroxyl groups is 2. The van der Waals surface area contributed by atoms with Gasteiger partial charge in [0.25, 0.3) is 0 Å². The van der Waals surface area contributed by atoms with E-state index in [2.05, 4.69) is 31.9 Å². The molecule has 0 aliphatic heterocycles. The molecule has 1 heterocycles. The predicted molar refractivity (Wildman–Crippen MR) is 102 cm³/mol. The van der Waals surface area contributed by atoms with Gasteiger partial charge in [-0.05, 0) is 30.7 Å². The fourth-order valence-electron chi connectivity index (χ4n) is 2.46. The van der Waals surface area contributed by atoms with Crippen LogP contribution < -0.4 is 0 Å². The zero-order valence-corrected chi connectivity index (χ0v) is 16.5. The first-order chi connectivity index (χ1) is 13.1. The monoisotopic (exact) mass is 486 g/mol. The van der Waals surface area contributed by atoms with Crippen molar-refractivity contribution in [3.8, 4) is 11.5 Å². The number of phenolic OH excluding ortho intramolecular Hbond substituents is 2. The van der Waals surface area contributed by atoms with Crippen LogP contribution in [-0.2, 0) is 0 Å². The minimum atomic E-state index is -1.60. The lowest BCUT2D eigenvalue weighted by atomic mass is 9.97. The first-order valence-corrected chi connectivity index (χ1v) is 8.95. The molecule has 0 radical (unpaired) electrons. The van der Waals surface area contributed by atoms with Crippen molar-refractivity contribution >= 4 is 48.6 Å². The maximum atomic E-state index is 13.3. The molecule has 1 atom stereocenters. The van der Waals surface area contributed by atoms with Crippen molar-refractivity contribution in [1.29, 1.82) is 0 Å². The number of fused-ring (bicyclic) bond motifs is 1. The van der Waals surface area contributed by atoms with Crippen LogP contribution in [0.15, 0.2) is 37.6 Å². The highest BCUT2D eigenvalue weighted by Crippen LogP contribution is 2.38. The summed E-state index contributed by atoms with van der Waals surface area (Å²) in [5.74, 6) is -2.78. The van der Waals surface area contributed by atoms with E-state index in [1.54, 1.807) is 12.1 Å². The number of rotatable bonds is 4. The number of hydrogen-bond donors (Lipinski definition) is 4. The van der Waals surface area contributed by atoms with Gasteiger partial charge >= 0.3 is 0 Å². The second-order valence-electron chi connectivity index (χ2n) is 5.59. The Morgan fingerprint density at radius 3 is 2.38 bits per heavy atom. The van der Waals surface area contributed by atoms with Crippen LogP contribution in [0.4, 0.5) is 0 Å². The first kappa shape index (κ1) is 16.3. The van der Waals surface area contributed by atoms with Gasteiger partial charge in [-0.15, -0.1) is 0 Å². The predicted octanol–water partition coefficient (Wildman–Crippen LogP) is 3.93. The lowest BCUT2D eigenvalue weighted by molar-refractivity contribution is 0.0768. The third-order valence-corrected chi connectivity index (χ3v) is 5.53. The fraction of sp³-hybridized carbons (Fsp3) is 0.167. The number of carbonyl (C=O) groups is 1. The van der Waals surface area contributed by atoms with Crippen LogP contribution in [0.5, 0.6) is 11.5 Å². The smallest absolute Gasteiger partial charge is 0.197 e. The van der Waals surface area contributed by atoms with E-state index < -0.39 is 42.1 Å². The van der Waals surface area contributed by atoms with Crippen LogP contribution in [-0.4, -0.2) is 32.8 Å². The Balaban J connectivity index is 2.40. The van der Waals surface area contributed by atoms with Crippen LogP contribution in [0.25, 0.3) is 11.0 Å². The molecule has 6 nitrogen and oxygen atoms in total. The molecular formula is C18H14Br2O6. The molecular weight excluding hydrogens is 472 g/mol. The van der Waals surface area contributed by atoms with E-state index in [4.69, 9.17) is 7.16 Å². The molecule has 0 bridgehead atoms. The molecule has 1 unspecified atom stereocenters. The number of ketones is 1. The van der Waals surface area contributed by atoms with Crippen molar-refractivity contribution in [2.24, 2.45) is 0 Å². The first-order valence-electron chi connectivity index (χ1n) is 8.36. The second-order valence-corrected chi connectivity index (χ2v) is 7.29. The Kier molecular flexibility index (Phi) is 4.41. The maximum Gasteiger partial charge on any atom is 0.197 e. The van der Waals surface area contributed by atoms with Gasteiger partial charge in [-0.2, -0.15) is 0 Å². The number of aliphatic hydroxyl groups excluding tert-OH is 2. The molecule has 3 aromatic rings. The van der Waals surface area contributed by atoms with Gasteiger partial charge in [-0.25, -0.2) is 0 Å². The molecule has 2 aromatic carbocycles. The standard InChI is InChI=1S/C18H14Br2O6/c1-7-10(19)2-8(3-11(7)20)17(25)16-9-4-12(22)13(23)5-15(9)26-18(16)14(24)6-21/h2-5,14,21-24H,6H2,1H3/i4D,5D. The van der Waals surface area contributed by atoms with Gasteiger partial charge in [-0.3, -0.25) is 4.79 Å². The largest absolute Gasteiger partial charge is 0.504 e. The van der Waals surface area contributed by atoms with E-state index in [0.717, 1.165) is 5.56 Å². The number of phenols is 2. The molecule has 3 rings (SSSR count). The summed E-state index contributed by atoms with van der Waals surface area (Å²) in [4.78, 5) is 13.3. The van der Waals surface area contributed by atoms with Gasteiger partial charge in [0.15, 0.2) is 17.3 Å². The highest BCUT2D eigenvalue weighted by atomic mass is 79.9. The Labute approximate surface area is 167 Å². The molecule has 8 heteroatoms. The quantitative estimate of drug-likeness (QED) is 0.327. The summed E-state index contributed by atoms with van der Waals surface area (Å²) in [5.41, 5.74) is 0.405. The zero-order chi connectivity index (χ0) is 20.9. The molecule has 0 fully saturated rings. The minimum Gasteiger partial charge on any atom is -0.504 e. The third-order valence-electron chi connectivity index (χ3n) is 3.88. The molecule has 0 saturated carbocycles. The number of hydrogen-bond acceptors (Lipinski definition) is 6. The fourth-order valence-corrected chi connectivity index (χ4v) is 3.65. The zero-order valence-electron chi connectivity index (χ0n) is 15.3. The molecule has 0 spiro atoms. The highest BCUT2D eigenvalue weighted by Gasteiger charge is 2.28. The van der Waals surface area contributed by atoms with Gasteiger partial charge in [0.05, 0.1) is 14.9 Å². The summed E-state index contributed by atoms with van der Waals surface area (Å²) in [6.45, 7) is 1.05. The number of aliphatic hydroxyl groups is 2. The van der Waals surface area contributed by atoms with Gasteiger partial charge in [0, 0.05) is 25.9 Å². The van der Waals surface area contributed by atoms with Crippen molar-refractivity contribution in [3.63, 3.8) is 0 Å². The lowest BCUT2D eigenvalue weighted by Crippen LogP contribution is -2.09. The molecule has 0 amide bonds. The third kappa shape index (κ3) is 3.14. The van der Waals surface area contributed by atoms with E-state index in [1.165, 1.54) is 0 Å². The summed E-state index contributed by atoms with van der Waals surface area (Å²) in [5, 5.41) is 39.0. The Morgan fingerprint density at radius 1 is 1.23 bits per heavy atom. The topological polar surface area (TPSA) is 111 Å². The Bertz CT molecular complexity index is 1100. The molecule has 0 aliphatic rings. The SMILES string of the molecule is [2H]c1c(O)c(O)c([2H])c2c(C(=O)c3cc(Br)c(C)c(Br)c3)c(C(O)CO)oc12. The van der Waals surface area contributed by atoms with Gasteiger partial charge < -0.3 is 24.8 Å². The minimum absolute atomic E-state index is 0.178. The maximum absolute atomic E-state index is 13.3. The number of furan rings is 1. The molecule has 4 N–H and O–H groups in total. The number of halogens is 2.